The third kappa shape index (κ3) is 7.34. The second kappa shape index (κ2) is 16.3. The van der Waals surface area contributed by atoms with Crippen LogP contribution >= 0.6 is 21.6 Å². The first-order valence-electron chi connectivity index (χ1n) is 18.9. The van der Waals surface area contributed by atoms with Crippen LogP contribution in [0.2, 0.25) is 0 Å². The van der Waals surface area contributed by atoms with Crippen molar-refractivity contribution in [3.63, 3.8) is 0 Å². The molecule has 0 spiro atoms. The highest BCUT2D eigenvalue weighted by molar-refractivity contribution is 8.76. The molecule has 7 rings (SSSR count). The van der Waals surface area contributed by atoms with Gasteiger partial charge in [0.15, 0.2) is 17.6 Å². The van der Waals surface area contributed by atoms with Crippen molar-refractivity contribution in [2.24, 2.45) is 11.8 Å². The molecular formula is C41H52O10S2. The summed E-state index contributed by atoms with van der Waals surface area (Å²) in [5, 5.41) is 67.6. The Morgan fingerprint density at radius 3 is 2.45 bits per heavy atom. The maximum absolute atomic E-state index is 12.5. The van der Waals surface area contributed by atoms with E-state index in [1.54, 1.807) is 22.9 Å². The van der Waals surface area contributed by atoms with E-state index in [1.165, 1.54) is 26.0 Å². The third-order valence-electron chi connectivity index (χ3n) is 11.5. The monoisotopic (exact) mass is 768 g/mol. The van der Waals surface area contributed by atoms with E-state index in [0.29, 0.717) is 40.9 Å². The molecule has 0 aromatic heterocycles. The molecule has 3 aromatic rings. The fourth-order valence-electron chi connectivity index (χ4n) is 8.95. The van der Waals surface area contributed by atoms with Gasteiger partial charge in [0.05, 0.1) is 26.9 Å². The highest BCUT2D eigenvalue weighted by Gasteiger charge is 2.47. The average molecular weight is 769 g/mol. The Bertz CT molecular complexity index is 1780. The molecule has 0 saturated heterocycles. The number of aliphatic hydroxyl groups is 3. The minimum Gasteiger partial charge on any atom is -0.508 e. The van der Waals surface area contributed by atoms with Crippen LogP contribution in [0.1, 0.15) is 105 Å². The van der Waals surface area contributed by atoms with Crippen molar-refractivity contribution < 1.29 is 49.6 Å². The molecule has 0 amide bonds. The molecule has 2 aliphatic heterocycles. The first kappa shape index (κ1) is 38.1. The van der Waals surface area contributed by atoms with Crippen molar-refractivity contribution in [1.82, 2.24) is 0 Å². The molecule has 7 atom stereocenters. The number of ether oxygens (including phenoxy) is 4. The number of phenolic OH excluding ortho intramolecular Hbond substituents is 3. The van der Waals surface area contributed by atoms with Gasteiger partial charge in [-0.1, -0.05) is 54.3 Å². The van der Waals surface area contributed by atoms with Crippen LogP contribution in [0.5, 0.6) is 40.2 Å². The van der Waals surface area contributed by atoms with E-state index in [4.69, 9.17) is 18.9 Å². The molecule has 0 unspecified atom stereocenters. The Hall–Kier alpha value is -3.16. The van der Waals surface area contributed by atoms with E-state index in [1.807, 2.05) is 22.9 Å². The summed E-state index contributed by atoms with van der Waals surface area (Å²) in [5.41, 5.74) is 4.46. The molecule has 10 nitrogen and oxygen atoms in total. The van der Waals surface area contributed by atoms with Crippen LogP contribution < -0.4 is 18.9 Å². The summed E-state index contributed by atoms with van der Waals surface area (Å²) in [5.74, 6) is 0.773. The zero-order chi connectivity index (χ0) is 37.4. The molecule has 1 fully saturated rings. The van der Waals surface area contributed by atoms with Crippen LogP contribution in [0.4, 0.5) is 0 Å². The zero-order valence-electron chi connectivity index (χ0n) is 30.6. The second-order valence-electron chi connectivity index (χ2n) is 15.3. The maximum Gasteiger partial charge on any atom is 0.207 e. The Balaban J connectivity index is 1.43. The van der Waals surface area contributed by atoms with Gasteiger partial charge in [0.25, 0.3) is 0 Å². The number of methoxy groups -OCH3 is 1. The van der Waals surface area contributed by atoms with E-state index in [-0.39, 0.29) is 66.0 Å². The van der Waals surface area contributed by atoms with Crippen molar-refractivity contribution in [2.45, 2.75) is 94.0 Å². The van der Waals surface area contributed by atoms with Crippen LogP contribution in [0.25, 0.3) is 11.1 Å². The van der Waals surface area contributed by atoms with Crippen molar-refractivity contribution in [1.29, 1.82) is 0 Å². The van der Waals surface area contributed by atoms with Gasteiger partial charge in [-0.2, -0.15) is 0 Å². The summed E-state index contributed by atoms with van der Waals surface area (Å²) in [6, 6.07) is 8.70. The Morgan fingerprint density at radius 1 is 0.887 bits per heavy atom. The van der Waals surface area contributed by atoms with Gasteiger partial charge in [0.2, 0.25) is 11.5 Å². The van der Waals surface area contributed by atoms with Gasteiger partial charge in [-0.15, -0.1) is 0 Å². The van der Waals surface area contributed by atoms with E-state index < -0.39 is 18.1 Å². The van der Waals surface area contributed by atoms with Crippen LogP contribution in [-0.2, 0) is 0 Å². The fourth-order valence-corrected chi connectivity index (χ4v) is 12.1. The average Bonchev–Trinajstić information content (AvgIpc) is 3.14. The van der Waals surface area contributed by atoms with E-state index >= 15 is 0 Å². The summed E-state index contributed by atoms with van der Waals surface area (Å²) in [4.78, 5) is 0. The number of hydrogen-bond donors (Lipinski definition) is 6. The van der Waals surface area contributed by atoms with Gasteiger partial charge in [-0.3, -0.25) is 0 Å². The SMILES string of the molecule is COc1c(O)c(OCCC(C)C)cc([C@@H]2Oc3cc(OCCO)c4c5c3[C@@H](CSS[C@H]3CCC[C@H](CC[C@H](c6cc(O)ccc6-4)[C@@H]5CO)C3)[C@H]2O)c1O. The van der Waals surface area contributed by atoms with Crippen LogP contribution in [0.3, 0.4) is 0 Å². The predicted molar refractivity (Wildman–Crippen MR) is 207 cm³/mol. The van der Waals surface area contributed by atoms with Gasteiger partial charge in [0.1, 0.15) is 30.0 Å². The standard InChI is InChI=1S/C41H52O10S2/c1-21(2)11-13-49-33-17-28(37(45)41(48-3)39(33)47)40-38(46)30-20-52-53-24-6-4-5-22(15-24)7-9-25-27-16-23(44)8-10-26(27)34-31(50-14-12-42)18-32(51-40)35(30)36(34)29(25)19-43/h8,10,16-18,21-22,24-25,29-30,38,40,42-47H,4-7,9,11-15,19-20H2,1-3H3/t22-,24+,25-,29+,30-,38-,40+/m1/s1. The summed E-state index contributed by atoms with van der Waals surface area (Å²) in [7, 11) is 4.98. The number of aliphatic hydroxyl groups excluding tert-OH is 3. The Labute approximate surface area is 319 Å². The van der Waals surface area contributed by atoms with Crippen LogP contribution in [-0.4, -0.2) is 81.3 Å². The molecule has 2 heterocycles. The molecule has 4 bridgehead atoms. The van der Waals surface area contributed by atoms with Gasteiger partial charge >= 0.3 is 0 Å². The van der Waals surface area contributed by atoms with Gasteiger partial charge in [0, 0.05) is 45.6 Å². The number of rotatable bonds is 10. The minimum atomic E-state index is -1.16. The van der Waals surface area contributed by atoms with Gasteiger partial charge in [-0.25, -0.2) is 0 Å². The summed E-state index contributed by atoms with van der Waals surface area (Å²) < 4.78 is 24.5. The number of aromatic hydroxyl groups is 3. The molecule has 6 N–H and O–H groups in total. The van der Waals surface area contributed by atoms with Crippen molar-refractivity contribution in [3.05, 3.63) is 52.6 Å². The lowest BCUT2D eigenvalue weighted by Gasteiger charge is -2.43. The van der Waals surface area contributed by atoms with Gasteiger partial charge < -0.3 is 49.6 Å². The molecular weight excluding hydrogens is 717 g/mol. The normalized spacial score (nSPS) is 26.4. The molecule has 2 aliphatic carbocycles. The Morgan fingerprint density at radius 2 is 1.70 bits per heavy atom. The molecule has 53 heavy (non-hydrogen) atoms. The lowest BCUT2D eigenvalue weighted by Crippen LogP contribution is -2.38. The number of benzene rings is 3. The first-order chi connectivity index (χ1) is 25.6. The summed E-state index contributed by atoms with van der Waals surface area (Å²) in [6.45, 7) is 4.11. The lowest BCUT2D eigenvalue weighted by molar-refractivity contribution is 0.00260. The Kier molecular flexibility index (Phi) is 11.7. The quantitative estimate of drug-likeness (QED) is 0.112. The smallest absolute Gasteiger partial charge is 0.207 e. The number of phenols is 3. The van der Waals surface area contributed by atoms with E-state index in [2.05, 4.69) is 13.8 Å². The van der Waals surface area contributed by atoms with Crippen molar-refractivity contribution in [2.75, 3.05) is 39.3 Å². The minimum absolute atomic E-state index is 0.0178. The highest BCUT2D eigenvalue weighted by atomic mass is 33.1. The first-order valence-corrected chi connectivity index (χ1v) is 21.3. The maximum atomic E-state index is 12.5. The van der Waals surface area contributed by atoms with E-state index in [9.17, 15) is 30.6 Å². The van der Waals surface area contributed by atoms with E-state index in [0.717, 1.165) is 59.9 Å². The number of fused-ring (bicyclic) bond motifs is 6. The van der Waals surface area contributed by atoms with Crippen LogP contribution in [0.15, 0.2) is 30.3 Å². The zero-order valence-corrected chi connectivity index (χ0v) is 32.3. The molecule has 4 aliphatic rings. The topological polar surface area (TPSA) is 158 Å². The fraction of sp³-hybridized carbons (Fsp3) is 0.561. The molecule has 0 radical (unpaired) electrons. The highest BCUT2D eigenvalue weighted by Crippen LogP contribution is 2.61. The van der Waals surface area contributed by atoms with Crippen LogP contribution in [0, 0.1) is 11.8 Å². The third-order valence-corrected chi connectivity index (χ3v) is 14.5. The second-order valence-corrected chi connectivity index (χ2v) is 18.0. The van der Waals surface area contributed by atoms with Crippen molar-refractivity contribution >= 4 is 21.6 Å². The largest absolute Gasteiger partial charge is 0.508 e. The van der Waals surface area contributed by atoms with Crippen molar-refractivity contribution in [3.8, 4) is 51.4 Å². The van der Waals surface area contributed by atoms with Gasteiger partial charge in [-0.05, 0) is 84.7 Å². The lowest BCUT2D eigenvalue weighted by atomic mass is 9.65. The summed E-state index contributed by atoms with van der Waals surface area (Å²) >= 11 is 0. The molecule has 3 aromatic carbocycles. The predicted octanol–water partition coefficient (Wildman–Crippen LogP) is 7.76. The molecule has 1 saturated carbocycles. The summed E-state index contributed by atoms with van der Waals surface area (Å²) in [6.07, 6.45) is 4.92. The number of hydrogen-bond acceptors (Lipinski definition) is 12. The molecule has 288 valence electrons. The molecule has 12 heteroatoms.